The van der Waals surface area contributed by atoms with Crippen LogP contribution in [0.25, 0.3) is 0 Å². The first-order chi connectivity index (χ1) is 12.5. The van der Waals surface area contributed by atoms with E-state index in [-0.39, 0.29) is 43.6 Å². The largest absolute Gasteiger partial charge is 0.353 e. The average Bonchev–Trinajstić information content (AvgIpc) is 2.89. The van der Waals surface area contributed by atoms with Gasteiger partial charge in [-0.05, 0) is 18.6 Å². The second-order valence-corrected chi connectivity index (χ2v) is 6.02. The van der Waals surface area contributed by atoms with Crippen LogP contribution in [0, 0.1) is 0 Å². The van der Waals surface area contributed by atoms with Gasteiger partial charge in [0.05, 0.1) is 17.7 Å². The number of nitrogens with two attached hydrogens (primary N) is 1. The Bertz CT molecular complexity index is 771. The van der Waals surface area contributed by atoms with E-state index in [9.17, 15) is 24.0 Å². The van der Waals surface area contributed by atoms with E-state index in [0.29, 0.717) is 0 Å². The standard InChI is InChI=1S/C17H18N4O5/c18-9-13(22)19-7-8-20-14(23)6-5-12(17(20)26)21-15(24)10-3-1-2-4-11(10)16(21)25/h1-4,12H,5-9,18H2,(H,19,22). The summed E-state index contributed by atoms with van der Waals surface area (Å²) in [5, 5.41) is 2.48. The van der Waals surface area contributed by atoms with Gasteiger partial charge in [-0.25, -0.2) is 0 Å². The van der Waals surface area contributed by atoms with E-state index in [2.05, 4.69) is 5.32 Å². The molecule has 2 aliphatic rings. The number of fused-ring (bicyclic) bond motifs is 1. The zero-order chi connectivity index (χ0) is 18.8. The molecule has 0 aromatic heterocycles. The van der Waals surface area contributed by atoms with Crippen molar-refractivity contribution in [3.63, 3.8) is 0 Å². The summed E-state index contributed by atoms with van der Waals surface area (Å²) >= 11 is 0. The van der Waals surface area contributed by atoms with Crippen molar-refractivity contribution in [2.75, 3.05) is 19.6 Å². The topological polar surface area (TPSA) is 130 Å². The normalized spacial score (nSPS) is 19.8. The van der Waals surface area contributed by atoms with Crippen LogP contribution in [0.5, 0.6) is 0 Å². The highest BCUT2D eigenvalue weighted by Gasteiger charge is 2.46. The molecule has 5 amide bonds. The van der Waals surface area contributed by atoms with Crippen molar-refractivity contribution in [3.8, 4) is 0 Å². The Kier molecular flexibility index (Phi) is 4.81. The lowest BCUT2D eigenvalue weighted by Gasteiger charge is -2.34. The number of amides is 5. The molecule has 0 spiro atoms. The summed E-state index contributed by atoms with van der Waals surface area (Å²) < 4.78 is 0. The average molecular weight is 358 g/mol. The monoisotopic (exact) mass is 358 g/mol. The summed E-state index contributed by atoms with van der Waals surface area (Å²) in [6.45, 7) is -0.176. The van der Waals surface area contributed by atoms with Crippen LogP contribution in [0.1, 0.15) is 33.6 Å². The van der Waals surface area contributed by atoms with Gasteiger partial charge in [0, 0.05) is 19.5 Å². The molecule has 9 nitrogen and oxygen atoms in total. The molecule has 0 aliphatic carbocycles. The van der Waals surface area contributed by atoms with Crippen LogP contribution >= 0.6 is 0 Å². The number of carbonyl (C=O) groups is 5. The number of nitrogens with one attached hydrogen (secondary N) is 1. The van der Waals surface area contributed by atoms with Crippen LogP contribution in [0.3, 0.4) is 0 Å². The number of benzene rings is 1. The summed E-state index contributed by atoms with van der Waals surface area (Å²) in [4.78, 5) is 63.0. The highest BCUT2D eigenvalue weighted by molar-refractivity contribution is 6.23. The van der Waals surface area contributed by atoms with Crippen molar-refractivity contribution in [2.45, 2.75) is 18.9 Å². The van der Waals surface area contributed by atoms with Crippen molar-refractivity contribution < 1.29 is 24.0 Å². The second kappa shape index (κ2) is 7.04. The van der Waals surface area contributed by atoms with Crippen LogP contribution < -0.4 is 11.1 Å². The highest BCUT2D eigenvalue weighted by atomic mass is 16.2. The van der Waals surface area contributed by atoms with Crippen LogP contribution in [-0.2, 0) is 14.4 Å². The third-order valence-electron chi connectivity index (χ3n) is 4.46. The van der Waals surface area contributed by atoms with Crippen LogP contribution in [0.2, 0.25) is 0 Å². The van der Waals surface area contributed by atoms with Crippen LogP contribution in [0.15, 0.2) is 24.3 Å². The Morgan fingerprint density at radius 2 is 1.73 bits per heavy atom. The Balaban J connectivity index is 1.76. The third-order valence-corrected chi connectivity index (χ3v) is 4.46. The van der Waals surface area contributed by atoms with Crippen molar-refractivity contribution in [1.29, 1.82) is 0 Å². The molecule has 9 heteroatoms. The number of rotatable bonds is 5. The predicted molar refractivity (Wildman–Crippen MR) is 88.7 cm³/mol. The molecule has 1 saturated heterocycles. The molecule has 2 aliphatic heterocycles. The van der Waals surface area contributed by atoms with Crippen LogP contribution in [-0.4, -0.2) is 65.0 Å². The number of imide groups is 2. The zero-order valence-electron chi connectivity index (χ0n) is 13.9. The Morgan fingerprint density at radius 3 is 2.31 bits per heavy atom. The van der Waals surface area contributed by atoms with E-state index in [1.54, 1.807) is 12.1 Å². The molecule has 3 N–H and O–H groups in total. The van der Waals surface area contributed by atoms with Gasteiger partial charge in [0.15, 0.2) is 0 Å². The molecule has 1 fully saturated rings. The lowest BCUT2D eigenvalue weighted by atomic mass is 10.0. The first kappa shape index (κ1) is 17.7. The molecule has 3 rings (SSSR count). The van der Waals surface area contributed by atoms with Gasteiger partial charge < -0.3 is 11.1 Å². The van der Waals surface area contributed by atoms with Gasteiger partial charge in [-0.2, -0.15) is 0 Å². The van der Waals surface area contributed by atoms with Crippen molar-refractivity contribution in [2.24, 2.45) is 5.73 Å². The van der Waals surface area contributed by atoms with Crippen LogP contribution in [0.4, 0.5) is 0 Å². The number of nitrogens with zero attached hydrogens (tertiary/aromatic N) is 2. The minimum absolute atomic E-state index is 0.0364. The summed E-state index contributed by atoms with van der Waals surface area (Å²) in [6, 6.07) is 5.34. The first-order valence-electron chi connectivity index (χ1n) is 8.23. The summed E-state index contributed by atoms with van der Waals surface area (Å²) in [6.07, 6.45) is 0.128. The van der Waals surface area contributed by atoms with Gasteiger partial charge in [0.25, 0.3) is 17.7 Å². The number of likely N-dealkylation sites (tertiary alicyclic amines) is 1. The predicted octanol–water partition coefficient (Wildman–Crippen LogP) is -1.12. The van der Waals surface area contributed by atoms with E-state index < -0.39 is 35.6 Å². The Morgan fingerprint density at radius 1 is 1.12 bits per heavy atom. The second-order valence-electron chi connectivity index (χ2n) is 6.02. The molecule has 0 radical (unpaired) electrons. The number of piperidine rings is 1. The Hall–Kier alpha value is -3.07. The zero-order valence-corrected chi connectivity index (χ0v) is 13.9. The van der Waals surface area contributed by atoms with Gasteiger partial charge >= 0.3 is 0 Å². The van der Waals surface area contributed by atoms with Gasteiger partial charge in [-0.1, -0.05) is 12.1 Å². The summed E-state index contributed by atoms with van der Waals surface area (Å²) in [5.41, 5.74) is 5.69. The minimum atomic E-state index is -1.02. The van der Waals surface area contributed by atoms with Crippen molar-refractivity contribution in [1.82, 2.24) is 15.1 Å². The quantitative estimate of drug-likeness (QED) is 0.641. The van der Waals surface area contributed by atoms with Gasteiger partial charge in [0.2, 0.25) is 11.8 Å². The maximum Gasteiger partial charge on any atom is 0.262 e. The fourth-order valence-electron chi connectivity index (χ4n) is 3.17. The molecule has 1 aromatic rings. The summed E-state index contributed by atoms with van der Waals surface area (Å²) in [5.74, 6) is -2.48. The van der Waals surface area contributed by atoms with E-state index in [0.717, 1.165) is 9.80 Å². The Labute approximate surface area is 149 Å². The van der Waals surface area contributed by atoms with E-state index >= 15 is 0 Å². The molecule has 0 bridgehead atoms. The lowest BCUT2D eigenvalue weighted by Crippen LogP contribution is -2.57. The maximum absolute atomic E-state index is 12.7. The molecular formula is C17H18N4O5. The molecule has 136 valence electrons. The highest BCUT2D eigenvalue weighted by Crippen LogP contribution is 2.28. The molecule has 1 atom stereocenters. The molecule has 1 unspecified atom stereocenters. The lowest BCUT2D eigenvalue weighted by molar-refractivity contribution is -0.151. The van der Waals surface area contributed by atoms with Gasteiger partial charge in [0.1, 0.15) is 6.04 Å². The van der Waals surface area contributed by atoms with E-state index in [1.165, 1.54) is 12.1 Å². The maximum atomic E-state index is 12.7. The van der Waals surface area contributed by atoms with E-state index in [4.69, 9.17) is 5.73 Å². The van der Waals surface area contributed by atoms with Crippen molar-refractivity contribution >= 4 is 29.5 Å². The number of hydrogen-bond acceptors (Lipinski definition) is 6. The molecule has 2 heterocycles. The minimum Gasteiger partial charge on any atom is -0.353 e. The SMILES string of the molecule is NCC(=O)NCCN1C(=O)CCC(N2C(=O)c3ccccc3C2=O)C1=O. The molecule has 1 aromatic carbocycles. The van der Waals surface area contributed by atoms with Gasteiger partial charge in [-0.15, -0.1) is 0 Å². The first-order valence-corrected chi connectivity index (χ1v) is 8.23. The molecular weight excluding hydrogens is 340 g/mol. The number of hydrogen-bond donors (Lipinski definition) is 2. The summed E-state index contributed by atoms with van der Waals surface area (Å²) in [7, 11) is 0. The fraction of sp³-hybridized carbons (Fsp3) is 0.353. The molecule has 0 saturated carbocycles. The van der Waals surface area contributed by atoms with E-state index in [1.807, 2.05) is 0 Å². The third kappa shape index (κ3) is 2.97. The fourth-order valence-corrected chi connectivity index (χ4v) is 3.17. The van der Waals surface area contributed by atoms with Gasteiger partial charge in [-0.3, -0.25) is 33.8 Å². The molecule has 26 heavy (non-hydrogen) atoms. The number of carbonyl (C=O) groups excluding carboxylic acids is 5. The van der Waals surface area contributed by atoms with Crippen molar-refractivity contribution in [3.05, 3.63) is 35.4 Å². The smallest absolute Gasteiger partial charge is 0.262 e.